The number of rotatable bonds is 1. The van der Waals surface area contributed by atoms with E-state index in [-0.39, 0.29) is 5.88 Å². The number of imidazole rings is 1. The van der Waals surface area contributed by atoms with E-state index in [0.717, 1.165) is 22.4 Å². The first-order valence-corrected chi connectivity index (χ1v) is 6.00. The zero-order valence-corrected chi connectivity index (χ0v) is 10.7. The fourth-order valence-electron chi connectivity index (χ4n) is 2.04. The van der Waals surface area contributed by atoms with Crippen LogP contribution >= 0.6 is 11.6 Å². The van der Waals surface area contributed by atoms with E-state index in [4.69, 9.17) is 11.6 Å². The van der Waals surface area contributed by atoms with Crippen LogP contribution in [0, 0.1) is 6.92 Å². The second-order valence-corrected chi connectivity index (χ2v) is 4.68. The Labute approximate surface area is 113 Å². The van der Waals surface area contributed by atoms with Crippen LogP contribution in [0.1, 0.15) is 16.8 Å². The van der Waals surface area contributed by atoms with Gasteiger partial charge in [0.15, 0.2) is 0 Å². The molecule has 6 heteroatoms. The molecule has 0 unspecified atom stereocenters. The molecule has 1 aromatic carbocycles. The van der Waals surface area contributed by atoms with E-state index >= 15 is 0 Å². The van der Waals surface area contributed by atoms with Crippen LogP contribution < -0.4 is 5.69 Å². The third-order valence-electron chi connectivity index (χ3n) is 3.04. The molecular formula is C13H10ClN3O2. The van der Waals surface area contributed by atoms with Crippen molar-refractivity contribution in [1.29, 1.82) is 0 Å². The number of fused-ring (bicyclic) bond motifs is 1. The van der Waals surface area contributed by atoms with Gasteiger partial charge in [0.05, 0.1) is 5.69 Å². The Hall–Kier alpha value is -2.27. The van der Waals surface area contributed by atoms with E-state index in [1.807, 2.05) is 13.0 Å². The molecular weight excluding hydrogens is 266 g/mol. The number of benzene rings is 1. The molecule has 0 spiro atoms. The molecule has 0 saturated carbocycles. The first-order valence-electron chi connectivity index (χ1n) is 5.63. The van der Waals surface area contributed by atoms with Gasteiger partial charge >= 0.3 is 5.69 Å². The van der Waals surface area contributed by atoms with Crippen LogP contribution in [-0.4, -0.2) is 21.3 Å². The molecule has 0 bridgehead atoms. The summed E-state index contributed by atoms with van der Waals surface area (Å²) in [5.74, 6) is -0.190. The van der Waals surface area contributed by atoms with Gasteiger partial charge in [-0.15, -0.1) is 0 Å². The van der Waals surface area contributed by atoms with Crippen molar-refractivity contribution in [3.05, 3.63) is 44.5 Å². The Morgan fingerprint density at radius 2 is 2.16 bits per heavy atom. The predicted molar refractivity (Wildman–Crippen MR) is 75.3 cm³/mol. The van der Waals surface area contributed by atoms with Gasteiger partial charge in [0.25, 0.3) is 0 Å². The molecule has 2 heterocycles. The van der Waals surface area contributed by atoms with Crippen molar-refractivity contribution < 1.29 is 5.11 Å². The quantitative estimate of drug-likeness (QED) is 0.748. The van der Waals surface area contributed by atoms with Crippen molar-refractivity contribution in [3.63, 3.8) is 0 Å². The van der Waals surface area contributed by atoms with Gasteiger partial charge in [-0.25, -0.2) is 4.79 Å². The van der Waals surface area contributed by atoms with Crippen LogP contribution in [0.2, 0.25) is 5.02 Å². The molecule has 96 valence electrons. The van der Waals surface area contributed by atoms with Crippen LogP contribution in [-0.2, 0) is 0 Å². The van der Waals surface area contributed by atoms with Crippen molar-refractivity contribution in [2.45, 2.75) is 6.92 Å². The number of nitrogens with zero attached hydrogens (tertiary/aromatic N) is 1. The molecule has 1 aliphatic rings. The maximum atomic E-state index is 11.1. The number of H-pyrrole nitrogens is 2. The Bertz CT molecular complexity index is 784. The second kappa shape index (κ2) is 4.13. The van der Waals surface area contributed by atoms with Crippen LogP contribution in [0.25, 0.3) is 11.6 Å². The zero-order chi connectivity index (χ0) is 13.6. The van der Waals surface area contributed by atoms with Gasteiger partial charge in [-0.3, -0.25) is 9.98 Å². The van der Waals surface area contributed by atoms with E-state index in [0.29, 0.717) is 10.7 Å². The Kier molecular flexibility index (Phi) is 2.57. The highest BCUT2D eigenvalue weighted by Crippen LogP contribution is 2.38. The molecule has 0 amide bonds. The molecule has 3 N–H and O–H groups in total. The van der Waals surface area contributed by atoms with E-state index in [1.165, 1.54) is 0 Å². The summed E-state index contributed by atoms with van der Waals surface area (Å²) in [5.41, 5.74) is 3.32. The fourth-order valence-corrected chi connectivity index (χ4v) is 2.19. The summed E-state index contributed by atoms with van der Waals surface area (Å²) in [7, 11) is 0. The minimum Gasteiger partial charge on any atom is -0.493 e. The van der Waals surface area contributed by atoms with E-state index in [9.17, 15) is 9.90 Å². The predicted octanol–water partition coefficient (Wildman–Crippen LogP) is 2.63. The fraction of sp³-hybridized carbons (Fsp3) is 0.0769. The number of hydrogen-bond donors (Lipinski definition) is 3. The highest BCUT2D eigenvalue weighted by Gasteiger charge is 2.16. The van der Waals surface area contributed by atoms with Gasteiger partial charge in [0.2, 0.25) is 5.88 Å². The lowest BCUT2D eigenvalue weighted by atomic mass is 10.0. The summed E-state index contributed by atoms with van der Waals surface area (Å²) in [4.78, 5) is 20.2. The van der Waals surface area contributed by atoms with Crippen molar-refractivity contribution >= 4 is 35.2 Å². The van der Waals surface area contributed by atoms with Crippen LogP contribution in [0.4, 0.5) is 5.69 Å². The molecule has 0 atom stereocenters. The van der Waals surface area contributed by atoms with Crippen LogP contribution in [0.5, 0.6) is 5.88 Å². The maximum absolute atomic E-state index is 11.1. The van der Waals surface area contributed by atoms with Crippen molar-refractivity contribution in [2.24, 2.45) is 4.99 Å². The summed E-state index contributed by atoms with van der Waals surface area (Å²) in [6.45, 7) is 1.90. The average Bonchev–Trinajstić information content (AvgIpc) is 2.90. The first-order chi connectivity index (χ1) is 9.06. The summed E-state index contributed by atoms with van der Waals surface area (Å²) >= 11 is 6.04. The average molecular weight is 276 g/mol. The smallest absolute Gasteiger partial charge is 0.326 e. The number of aromatic nitrogens is 2. The zero-order valence-electron chi connectivity index (χ0n) is 9.99. The summed E-state index contributed by atoms with van der Waals surface area (Å²) < 4.78 is 0. The Morgan fingerprint density at radius 3 is 2.84 bits per heavy atom. The maximum Gasteiger partial charge on any atom is 0.326 e. The van der Waals surface area contributed by atoms with E-state index < -0.39 is 5.69 Å². The van der Waals surface area contributed by atoms with E-state index in [1.54, 1.807) is 18.4 Å². The van der Waals surface area contributed by atoms with Gasteiger partial charge in [-0.2, -0.15) is 0 Å². The summed E-state index contributed by atoms with van der Waals surface area (Å²) in [6, 6.07) is 3.67. The lowest BCUT2D eigenvalue weighted by molar-refractivity contribution is 0.454. The van der Waals surface area contributed by atoms with Gasteiger partial charge in [0.1, 0.15) is 5.69 Å². The number of aromatic hydroxyl groups is 1. The molecule has 3 rings (SSSR count). The molecule has 0 fully saturated rings. The lowest BCUT2D eigenvalue weighted by Crippen LogP contribution is -2.00. The number of hydrogen-bond acceptors (Lipinski definition) is 3. The molecule has 0 saturated heterocycles. The third-order valence-corrected chi connectivity index (χ3v) is 3.45. The Balaban J connectivity index is 2.13. The third kappa shape index (κ3) is 1.88. The second-order valence-electron chi connectivity index (χ2n) is 4.27. The van der Waals surface area contributed by atoms with Crippen LogP contribution in [0.3, 0.4) is 0 Å². The number of aromatic amines is 2. The molecule has 1 aromatic heterocycles. The first kappa shape index (κ1) is 11.8. The topological polar surface area (TPSA) is 81.2 Å². The summed E-state index contributed by atoms with van der Waals surface area (Å²) in [6.07, 6.45) is 3.34. The normalized spacial score (nSPS) is 15.2. The van der Waals surface area contributed by atoms with E-state index in [2.05, 4.69) is 15.0 Å². The molecule has 5 nitrogen and oxygen atoms in total. The van der Waals surface area contributed by atoms with Gasteiger partial charge in [-0.05, 0) is 24.6 Å². The lowest BCUT2D eigenvalue weighted by Gasteiger charge is -2.04. The molecule has 0 radical (unpaired) electrons. The Morgan fingerprint density at radius 1 is 1.37 bits per heavy atom. The highest BCUT2D eigenvalue weighted by atomic mass is 35.5. The minimum absolute atomic E-state index is 0.190. The van der Waals surface area contributed by atoms with Crippen molar-refractivity contribution in [3.8, 4) is 5.88 Å². The summed E-state index contributed by atoms with van der Waals surface area (Å²) in [5, 5.41) is 10.2. The van der Waals surface area contributed by atoms with Gasteiger partial charge < -0.3 is 10.1 Å². The van der Waals surface area contributed by atoms with Gasteiger partial charge in [0, 0.05) is 22.4 Å². The number of aliphatic imine (C=N–C) groups is 1. The molecule has 1 aliphatic heterocycles. The number of allylic oxidation sites excluding steroid dienone is 1. The standard InChI is InChI=1S/C13H10ClN3O2/c1-6-9(14)3-2-8-7(5-15-11(6)8)4-10-12(18)17-13(19)16-10/h2-5,18H,1H3,(H2,16,17,19)/b7-4+. The highest BCUT2D eigenvalue weighted by molar-refractivity contribution is 6.32. The molecule has 0 aliphatic carbocycles. The van der Waals surface area contributed by atoms with Crippen molar-refractivity contribution in [1.82, 2.24) is 9.97 Å². The van der Waals surface area contributed by atoms with Gasteiger partial charge in [-0.1, -0.05) is 17.7 Å². The minimum atomic E-state index is -0.452. The number of halogens is 1. The molecule has 19 heavy (non-hydrogen) atoms. The largest absolute Gasteiger partial charge is 0.493 e. The van der Waals surface area contributed by atoms with Crippen LogP contribution in [0.15, 0.2) is 21.9 Å². The number of nitrogens with one attached hydrogen (secondary N) is 2. The van der Waals surface area contributed by atoms with Crippen molar-refractivity contribution in [2.75, 3.05) is 0 Å². The molecule has 2 aromatic rings. The SMILES string of the molecule is Cc1c(Cl)ccc2c1N=C/C2=C\c1[nH]c(=O)[nH]c1O. The monoisotopic (exact) mass is 275 g/mol.